The van der Waals surface area contributed by atoms with Gasteiger partial charge in [-0.2, -0.15) is 0 Å². The number of carbonyl (C=O) groups excluding carboxylic acids is 1. The van der Waals surface area contributed by atoms with Gasteiger partial charge in [0.2, 0.25) is 0 Å². The Hall–Kier alpha value is -1.15. The number of benzene rings is 1. The zero-order valence-corrected chi connectivity index (χ0v) is 11.2. The van der Waals surface area contributed by atoms with Crippen molar-refractivity contribution in [2.75, 3.05) is 13.2 Å². The number of rotatable bonds is 7. The molecule has 1 aromatic carbocycles. The van der Waals surface area contributed by atoms with Gasteiger partial charge in [0.25, 0.3) is 0 Å². The molecule has 1 aliphatic carbocycles. The summed E-state index contributed by atoms with van der Waals surface area (Å²) in [5, 5.41) is 0. The molecule has 0 saturated heterocycles. The minimum atomic E-state index is 0.246. The number of ketones is 1. The van der Waals surface area contributed by atoms with Crippen LogP contribution in [-0.4, -0.2) is 19.0 Å². The molecule has 0 amide bonds. The highest BCUT2D eigenvalue weighted by Crippen LogP contribution is 2.36. The molecule has 18 heavy (non-hydrogen) atoms. The SMILES string of the molecule is CCOCCCC(=O)c1cccc(C2CCC2)c1. The van der Waals surface area contributed by atoms with Crippen molar-refractivity contribution in [2.24, 2.45) is 0 Å². The normalized spacial score (nSPS) is 15.4. The first-order valence-corrected chi connectivity index (χ1v) is 7.02. The summed E-state index contributed by atoms with van der Waals surface area (Å²) in [5.74, 6) is 0.942. The maximum atomic E-state index is 12.0. The van der Waals surface area contributed by atoms with Gasteiger partial charge in [-0.15, -0.1) is 0 Å². The maximum Gasteiger partial charge on any atom is 0.162 e. The van der Waals surface area contributed by atoms with Gasteiger partial charge >= 0.3 is 0 Å². The van der Waals surface area contributed by atoms with E-state index >= 15 is 0 Å². The molecule has 2 rings (SSSR count). The van der Waals surface area contributed by atoms with E-state index in [0.717, 1.165) is 18.6 Å². The zero-order valence-electron chi connectivity index (χ0n) is 11.2. The second-order valence-corrected chi connectivity index (χ2v) is 4.98. The second-order valence-electron chi connectivity index (χ2n) is 4.98. The van der Waals surface area contributed by atoms with Gasteiger partial charge in [0.1, 0.15) is 0 Å². The number of hydrogen-bond acceptors (Lipinski definition) is 2. The number of ether oxygens (including phenoxy) is 1. The molecule has 0 atom stereocenters. The Balaban J connectivity index is 1.88. The summed E-state index contributed by atoms with van der Waals surface area (Å²) in [4.78, 5) is 12.0. The first kappa shape index (κ1) is 13.3. The van der Waals surface area contributed by atoms with Crippen molar-refractivity contribution in [2.45, 2.75) is 44.9 Å². The lowest BCUT2D eigenvalue weighted by Gasteiger charge is -2.26. The molecule has 0 bridgehead atoms. The number of hydrogen-bond donors (Lipinski definition) is 0. The van der Waals surface area contributed by atoms with E-state index in [0.29, 0.717) is 18.9 Å². The van der Waals surface area contributed by atoms with Crippen LogP contribution in [-0.2, 0) is 4.74 Å². The van der Waals surface area contributed by atoms with Gasteiger partial charge < -0.3 is 4.74 Å². The van der Waals surface area contributed by atoms with Crippen LogP contribution >= 0.6 is 0 Å². The van der Waals surface area contributed by atoms with Crippen molar-refractivity contribution in [3.8, 4) is 0 Å². The number of Topliss-reactive ketones (excluding diaryl/α,β-unsaturated/α-hetero) is 1. The van der Waals surface area contributed by atoms with E-state index < -0.39 is 0 Å². The highest BCUT2D eigenvalue weighted by atomic mass is 16.5. The van der Waals surface area contributed by atoms with Gasteiger partial charge in [0.05, 0.1) is 0 Å². The predicted octanol–water partition coefficient (Wildman–Crippen LogP) is 3.95. The van der Waals surface area contributed by atoms with E-state index in [-0.39, 0.29) is 5.78 Å². The van der Waals surface area contributed by atoms with Crippen LogP contribution in [0, 0.1) is 0 Å². The van der Waals surface area contributed by atoms with Crippen LogP contribution in [0.15, 0.2) is 24.3 Å². The molecule has 0 heterocycles. The summed E-state index contributed by atoms with van der Waals surface area (Å²) < 4.78 is 5.26. The first-order chi connectivity index (χ1) is 8.81. The zero-order chi connectivity index (χ0) is 12.8. The van der Waals surface area contributed by atoms with E-state index in [9.17, 15) is 4.79 Å². The Morgan fingerprint density at radius 2 is 2.22 bits per heavy atom. The van der Waals surface area contributed by atoms with Gasteiger partial charge in [-0.05, 0) is 43.7 Å². The summed E-state index contributed by atoms with van der Waals surface area (Å²) in [6.45, 7) is 3.39. The molecular formula is C16H22O2. The molecule has 0 unspecified atom stereocenters. The monoisotopic (exact) mass is 246 g/mol. The van der Waals surface area contributed by atoms with Crippen molar-refractivity contribution in [3.05, 3.63) is 35.4 Å². The van der Waals surface area contributed by atoms with Gasteiger partial charge in [-0.3, -0.25) is 4.79 Å². The fourth-order valence-corrected chi connectivity index (χ4v) is 2.33. The average molecular weight is 246 g/mol. The van der Waals surface area contributed by atoms with E-state index in [1.807, 2.05) is 19.1 Å². The van der Waals surface area contributed by atoms with E-state index in [4.69, 9.17) is 4.74 Å². The number of carbonyl (C=O) groups is 1. The molecule has 0 spiro atoms. The molecule has 1 fully saturated rings. The summed E-state index contributed by atoms with van der Waals surface area (Å²) in [6, 6.07) is 8.20. The van der Waals surface area contributed by atoms with Crippen LogP contribution in [0.2, 0.25) is 0 Å². The standard InChI is InChI=1S/C16H22O2/c1-2-18-11-5-10-16(17)15-9-4-8-14(12-15)13-6-3-7-13/h4,8-9,12-13H,2-3,5-7,10-11H2,1H3. The fourth-order valence-electron chi connectivity index (χ4n) is 2.33. The van der Waals surface area contributed by atoms with Crippen molar-refractivity contribution >= 4 is 5.78 Å². The third kappa shape index (κ3) is 3.42. The van der Waals surface area contributed by atoms with Crippen LogP contribution in [0.4, 0.5) is 0 Å². The van der Waals surface area contributed by atoms with E-state index in [2.05, 4.69) is 12.1 Å². The largest absolute Gasteiger partial charge is 0.382 e. The van der Waals surface area contributed by atoms with Crippen molar-refractivity contribution in [3.63, 3.8) is 0 Å². The van der Waals surface area contributed by atoms with Gasteiger partial charge in [0, 0.05) is 25.2 Å². The summed E-state index contributed by atoms with van der Waals surface area (Å²) in [7, 11) is 0. The lowest BCUT2D eigenvalue weighted by atomic mass is 9.79. The highest BCUT2D eigenvalue weighted by Gasteiger charge is 2.20. The van der Waals surface area contributed by atoms with Crippen molar-refractivity contribution in [1.29, 1.82) is 0 Å². The topological polar surface area (TPSA) is 26.3 Å². The minimum Gasteiger partial charge on any atom is -0.382 e. The van der Waals surface area contributed by atoms with Crippen molar-refractivity contribution < 1.29 is 9.53 Å². The lowest BCUT2D eigenvalue weighted by Crippen LogP contribution is -2.10. The molecule has 0 aliphatic heterocycles. The summed E-state index contributed by atoms with van der Waals surface area (Å²) in [6.07, 6.45) is 5.30. The van der Waals surface area contributed by atoms with E-state index in [1.165, 1.54) is 24.8 Å². The average Bonchev–Trinajstić information content (AvgIpc) is 2.33. The maximum absolute atomic E-state index is 12.0. The van der Waals surface area contributed by atoms with Crippen LogP contribution < -0.4 is 0 Å². The Morgan fingerprint density at radius 3 is 2.89 bits per heavy atom. The molecule has 2 heteroatoms. The molecular weight excluding hydrogens is 224 g/mol. The predicted molar refractivity (Wildman–Crippen MR) is 73.1 cm³/mol. The van der Waals surface area contributed by atoms with E-state index in [1.54, 1.807) is 0 Å². The Kier molecular flexibility index (Phi) is 4.94. The molecule has 0 aromatic heterocycles. The molecule has 1 saturated carbocycles. The van der Waals surface area contributed by atoms with Gasteiger partial charge in [-0.1, -0.05) is 24.6 Å². The molecule has 98 valence electrons. The molecule has 2 nitrogen and oxygen atoms in total. The van der Waals surface area contributed by atoms with Gasteiger partial charge in [0.15, 0.2) is 5.78 Å². The Morgan fingerprint density at radius 1 is 1.39 bits per heavy atom. The Labute approximate surface area is 109 Å². The first-order valence-electron chi connectivity index (χ1n) is 7.02. The molecule has 0 radical (unpaired) electrons. The van der Waals surface area contributed by atoms with Crippen LogP contribution in [0.1, 0.15) is 60.9 Å². The van der Waals surface area contributed by atoms with Gasteiger partial charge in [-0.25, -0.2) is 0 Å². The van der Waals surface area contributed by atoms with Crippen LogP contribution in [0.5, 0.6) is 0 Å². The third-order valence-electron chi connectivity index (χ3n) is 3.68. The second kappa shape index (κ2) is 6.69. The summed E-state index contributed by atoms with van der Waals surface area (Å²) in [5.41, 5.74) is 2.22. The fraction of sp³-hybridized carbons (Fsp3) is 0.562. The molecule has 0 N–H and O–H groups in total. The smallest absolute Gasteiger partial charge is 0.162 e. The molecule has 1 aliphatic rings. The van der Waals surface area contributed by atoms with Crippen LogP contribution in [0.25, 0.3) is 0 Å². The Bertz CT molecular complexity index is 394. The quantitative estimate of drug-likeness (QED) is 0.538. The van der Waals surface area contributed by atoms with Crippen LogP contribution in [0.3, 0.4) is 0 Å². The third-order valence-corrected chi connectivity index (χ3v) is 3.68. The lowest BCUT2D eigenvalue weighted by molar-refractivity contribution is 0.0947. The van der Waals surface area contributed by atoms with Crippen molar-refractivity contribution in [1.82, 2.24) is 0 Å². The highest BCUT2D eigenvalue weighted by molar-refractivity contribution is 5.96. The molecule has 1 aromatic rings. The minimum absolute atomic E-state index is 0.246. The summed E-state index contributed by atoms with van der Waals surface area (Å²) >= 11 is 0.